The Hall–Kier alpha value is -1.72. The Morgan fingerprint density at radius 2 is 1.03 bits per heavy atom. The summed E-state index contributed by atoms with van der Waals surface area (Å²) in [4.78, 5) is 58.1. The first-order chi connectivity index (χ1) is 15.8. The van der Waals surface area contributed by atoms with Gasteiger partial charge in [-0.25, -0.2) is 0 Å². The lowest BCUT2D eigenvalue weighted by Gasteiger charge is -2.48. The zero-order chi connectivity index (χ0) is 24.8. The summed E-state index contributed by atoms with van der Waals surface area (Å²) in [6.07, 6.45) is 7.85. The molecule has 0 aromatic rings. The van der Waals surface area contributed by atoms with Crippen LogP contribution in [0.15, 0.2) is 0 Å². The smallest absolute Gasteiger partial charge is 0.236 e. The van der Waals surface area contributed by atoms with Gasteiger partial charge in [0.1, 0.15) is 22.4 Å². The predicted molar refractivity (Wildman–Crippen MR) is 129 cm³/mol. The summed E-state index contributed by atoms with van der Waals surface area (Å²) in [6.45, 7) is 8.38. The van der Waals surface area contributed by atoms with Crippen molar-refractivity contribution < 1.29 is 19.2 Å². The summed E-state index contributed by atoms with van der Waals surface area (Å²) < 4.78 is 0. The number of ketones is 2. The van der Waals surface area contributed by atoms with Gasteiger partial charge >= 0.3 is 0 Å². The molecule has 6 atom stereocenters. The molecule has 188 valence electrons. The van der Waals surface area contributed by atoms with Gasteiger partial charge in [-0.3, -0.25) is 19.2 Å². The van der Waals surface area contributed by atoms with Gasteiger partial charge in [0.05, 0.1) is 12.1 Å². The number of carbonyl (C=O) groups excluding carboxylic acids is 4. The second-order valence-electron chi connectivity index (χ2n) is 13.2. The van der Waals surface area contributed by atoms with E-state index >= 15 is 0 Å². The van der Waals surface area contributed by atoms with Crippen LogP contribution < -0.4 is 0 Å². The van der Waals surface area contributed by atoms with Gasteiger partial charge in [0.15, 0.2) is 0 Å². The number of rotatable bonds is 4. The van der Waals surface area contributed by atoms with Crippen LogP contribution in [0.25, 0.3) is 0 Å². The van der Waals surface area contributed by atoms with Crippen molar-refractivity contribution in [3.8, 4) is 0 Å². The van der Waals surface area contributed by atoms with Crippen molar-refractivity contribution in [2.75, 3.05) is 14.1 Å². The highest BCUT2D eigenvalue weighted by Crippen LogP contribution is 2.66. The van der Waals surface area contributed by atoms with E-state index in [1.165, 1.54) is 0 Å². The maximum absolute atomic E-state index is 14.1. The van der Waals surface area contributed by atoms with Crippen molar-refractivity contribution in [2.24, 2.45) is 33.5 Å². The molecule has 5 aliphatic carbocycles. The number of carbonyl (C=O) groups is 4. The molecular weight excluding hydrogens is 428 g/mol. The van der Waals surface area contributed by atoms with Gasteiger partial charge in [-0.05, 0) is 61.2 Å². The highest BCUT2D eigenvalue weighted by atomic mass is 16.2. The summed E-state index contributed by atoms with van der Waals surface area (Å²) >= 11 is 0. The fraction of sp³-hybridized carbons (Fsp3) is 0.857. The SMILES string of the molecule is CN(C(=O)[C@]12CC[C@H](CC1=O)C2(C)C)[C@H]1CCCC[C@@H]1N(C)C(=O)[C@]12CC[C@H](CC1=O)C2(C)C. The molecule has 0 radical (unpaired) electrons. The standard InChI is InChI=1S/C28H42N2O4/c1-25(2)17-11-13-27(25,21(31)15-17)23(33)29(5)19-9-7-8-10-20(19)30(6)24(34)28-14-12-18(16-22(28)32)26(28,3)4/h17-20H,7-16H2,1-6H3/t17-,18-,19+,20+,27+,28+/m1/s1. The Labute approximate surface area is 204 Å². The minimum Gasteiger partial charge on any atom is -0.340 e. The van der Waals surface area contributed by atoms with Crippen LogP contribution in [-0.2, 0) is 19.2 Å². The third-order valence-corrected chi connectivity index (χ3v) is 11.9. The number of amides is 2. The van der Waals surface area contributed by atoms with E-state index in [-0.39, 0.29) is 58.1 Å². The second kappa shape index (κ2) is 7.39. The first-order valence-electron chi connectivity index (χ1n) is 13.4. The monoisotopic (exact) mass is 470 g/mol. The molecule has 5 aliphatic rings. The van der Waals surface area contributed by atoms with Crippen molar-refractivity contribution in [3.05, 3.63) is 0 Å². The number of likely N-dealkylation sites (N-methyl/N-ethyl adjacent to an activating group) is 2. The quantitative estimate of drug-likeness (QED) is 0.582. The molecule has 0 aromatic heterocycles. The molecule has 2 amide bonds. The normalized spacial score (nSPS) is 41.7. The van der Waals surface area contributed by atoms with Crippen LogP contribution in [0.1, 0.15) is 91.9 Å². The van der Waals surface area contributed by atoms with E-state index in [0.717, 1.165) is 38.5 Å². The maximum atomic E-state index is 14.1. The molecule has 5 fully saturated rings. The van der Waals surface area contributed by atoms with Crippen molar-refractivity contribution in [2.45, 2.75) is 104 Å². The summed E-state index contributed by atoms with van der Waals surface area (Å²) in [6, 6.07) is -0.248. The van der Waals surface area contributed by atoms with Gasteiger partial charge in [-0.2, -0.15) is 0 Å². The molecule has 0 spiro atoms. The van der Waals surface area contributed by atoms with Gasteiger partial charge in [-0.1, -0.05) is 40.5 Å². The highest BCUT2D eigenvalue weighted by molar-refractivity contribution is 6.10. The largest absolute Gasteiger partial charge is 0.340 e. The van der Waals surface area contributed by atoms with Gasteiger partial charge in [0.2, 0.25) is 11.8 Å². The van der Waals surface area contributed by atoms with Crippen LogP contribution in [0.4, 0.5) is 0 Å². The molecule has 34 heavy (non-hydrogen) atoms. The molecular formula is C28H42N2O4. The Morgan fingerprint density at radius 1 is 0.676 bits per heavy atom. The van der Waals surface area contributed by atoms with Gasteiger partial charge in [0, 0.05) is 26.9 Å². The number of hydrogen-bond donors (Lipinski definition) is 0. The Kier molecular flexibility index (Phi) is 5.22. The van der Waals surface area contributed by atoms with E-state index in [0.29, 0.717) is 25.7 Å². The molecule has 5 saturated carbocycles. The Morgan fingerprint density at radius 3 is 1.29 bits per heavy atom. The number of fused-ring (bicyclic) bond motifs is 4. The van der Waals surface area contributed by atoms with Gasteiger partial charge < -0.3 is 9.80 Å². The second-order valence-corrected chi connectivity index (χ2v) is 13.2. The molecule has 0 aromatic carbocycles. The van der Waals surface area contributed by atoms with Crippen molar-refractivity contribution in [1.82, 2.24) is 9.80 Å². The molecule has 0 saturated heterocycles. The fourth-order valence-electron chi connectivity index (χ4n) is 9.25. The number of Topliss-reactive ketones (excluding diaryl/α,β-unsaturated/α-hetero) is 2. The molecule has 4 bridgehead atoms. The predicted octanol–water partition coefficient (Wildman–Crippen LogP) is 4.01. The fourth-order valence-corrected chi connectivity index (χ4v) is 9.25. The molecule has 0 heterocycles. The van der Waals surface area contributed by atoms with Crippen LogP contribution >= 0.6 is 0 Å². The van der Waals surface area contributed by atoms with E-state index in [1.807, 2.05) is 23.9 Å². The van der Waals surface area contributed by atoms with Crippen LogP contribution in [0, 0.1) is 33.5 Å². The molecule has 0 aliphatic heterocycles. The average Bonchev–Trinajstić information content (AvgIpc) is 3.36. The lowest BCUT2D eigenvalue weighted by molar-refractivity contribution is -0.161. The molecule has 0 N–H and O–H groups in total. The number of nitrogens with zero attached hydrogens (tertiary/aromatic N) is 2. The summed E-state index contributed by atoms with van der Waals surface area (Å²) in [5, 5.41) is 0. The van der Waals surface area contributed by atoms with Crippen molar-refractivity contribution >= 4 is 23.4 Å². The molecule has 6 heteroatoms. The van der Waals surface area contributed by atoms with E-state index < -0.39 is 10.8 Å². The molecule has 6 nitrogen and oxygen atoms in total. The highest BCUT2D eigenvalue weighted by Gasteiger charge is 2.70. The average molecular weight is 471 g/mol. The first kappa shape index (κ1) is 24.0. The number of hydrogen-bond acceptors (Lipinski definition) is 4. The van der Waals surface area contributed by atoms with Crippen LogP contribution in [-0.4, -0.2) is 59.4 Å². The summed E-state index contributed by atoms with van der Waals surface area (Å²) in [5.74, 6) is 0.698. The minimum absolute atomic E-state index is 0.0448. The summed E-state index contributed by atoms with van der Waals surface area (Å²) in [7, 11) is 3.70. The molecule has 0 unspecified atom stereocenters. The third kappa shape index (κ3) is 2.63. The van der Waals surface area contributed by atoms with Crippen LogP contribution in [0.5, 0.6) is 0 Å². The summed E-state index contributed by atoms with van der Waals surface area (Å²) in [5.41, 5.74) is -2.48. The van der Waals surface area contributed by atoms with Crippen LogP contribution in [0.3, 0.4) is 0 Å². The minimum atomic E-state index is -0.919. The van der Waals surface area contributed by atoms with E-state index in [4.69, 9.17) is 0 Å². The van der Waals surface area contributed by atoms with E-state index in [1.54, 1.807) is 0 Å². The zero-order valence-corrected chi connectivity index (χ0v) is 21.9. The van der Waals surface area contributed by atoms with Crippen molar-refractivity contribution in [3.63, 3.8) is 0 Å². The maximum Gasteiger partial charge on any atom is 0.236 e. The van der Waals surface area contributed by atoms with E-state index in [9.17, 15) is 19.2 Å². The van der Waals surface area contributed by atoms with E-state index in [2.05, 4.69) is 27.7 Å². The lowest BCUT2D eigenvalue weighted by atomic mass is 9.67. The lowest BCUT2D eigenvalue weighted by Crippen LogP contribution is -2.61. The first-order valence-corrected chi connectivity index (χ1v) is 13.4. The topological polar surface area (TPSA) is 74.8 Å². The third-order valence-electron chi connectivity index (χ3n) is 11.9. The molecule has 5 rings (SSSR count). The Bertz CT molecular complexity index is 878. The van der Waals surface area contributed by atoms with Crippen LogP contribution in [0.2, 0.25) is 0 Å². The van der Waals surface area contributed by atoms with Crippen molar-refractivity contribution in [1.29, 1.82) is 0 Å². The van der Waals surface area contributed by atoms with Gasteiger partial charge in [-0.15, -0.1) is 0 Å². The van der Waals surface area contributed by atoms with Gasteiger partial charge in [0.25, 0.3) is 0 Å². The zero-order valence-electron chi connectivity index (χ0n) is 21.9. The Balaban J connectivity index is 1.43.